The van der Waals surface area contributed by atoms with E-state index >= 15 is 0 Å². The molecule has 0 bridgehead atoms. The average Bonchev–Trinajstić information content (AvgIpc) is 3.46. The number of unbranched alkanes of at least 4 members (excludes halogenated alkanes) is 7. The number of carbonyl (C=O) groups is 3. The van der Waals surface area contributed by atoms with Gasteiger partial charge < -0.3 is 19.4 Å². The zero-order valence-electron chi connectivity index (χ0n) is 26.2. The molecule has 1 heterocycles. The van der Waals surface area contributed by atoms with Crippen molar-refractivity contribution in [1.29, 1.82) is 0 Å². The summed E-state index contributed by atoms with van der Waals surface area (Å²) >= 11 is 1.57. The third-order valence-electron chi connectivity index (χ3n) is 7.02. The zero-order valence-corrected chi connectivity index (χ0v) is 27.1. The van der Waals surface area contributed by atoms with Crippen LogP contribution >= 0.6 is 11.8 Å². The van der Waals surface area contributed by atoms with Crippen LogP contribution in [0.3, 0.4) is 0 Å². The molecule has 41 heavy (non-hydrogen) atoms. The number of imidazole rings is 1. The van der Waals surface area contributed by atoms with Gasteiger partial charge in [0.15, 0.2) is 0 Å². The Bertz CT molecular complexity index is 803. The molecule has 0 aliphatic heterocycles. The summed E-state index contributed by atoms with van der Waals surface area (Å²) in [5, 5.41) is 2.92. The summed E-state index contributed by atoms with van der Waals surface area (Å²) in [6.45, 7) is 10.3. The van der Waals surface area contributed by atoms with Crippen LogP contribution in [0.15, 0.2) is 18.7 Å². The van der Waals surface area contributed by atoms with E-state index in [4.69, 9.17) is 9.47 Å². The number of amides is 1. The van der Waals surface area contributed by atoms with Gasteiger partial charge in [-0.1, -0.05) is 72.1 Å². The van der Waals surface area contributed by atoms with Gasteiger partial charge in [-0.15, -0.1) is 0 Å². The van der Waals surface area contributed by atoms with Crippen LogP contribution in [0.1, 0.15) is 118 Å². The number of aromatic nitrogens is 2. The molecule has 1 N–H and O–H groups in total. The average molecular weight is 596 g/mol. The van der Waals surface area contributed by atoms with Crippen LogP contribution in [0.25, 0.3) is 0 Å². The fourth-order valence-corrected chi connectivity index (χ4v) is 5.39. The molecule has 1 rings (SSSR count). The molecule has 0 saturated carbocycles. The molecule has 2 atom stereocenters. The lowest BCUT2D eigenvalue weighted by Crippen LogP contribution is -2.38. The Balaban J connectivity index is 2.39. The summed E-state index contributed by atoms with van der Waals surface area (Å²) in [4.78, 5) is 42.0. The minimum atomic E-state index is -0.847. The molecule has 2 unspecified atom stereocenters. The van der Waals surface area contributed by atoms with E-state index in [-0.39, 0.29) is 18.0 Å². The first-order valence-corrected chi connectivity index (χ1v) is 17.2. The predicted octanol–water partition coefficient (Wildman–Crippen LogP) is 6.96. The summed E-state index contributed by atoms with van der Waals surface area (Å²) < 4.78 is 13.0. The van der Waals surface area contributed by atoms with Crippen molar-refractivity contribution in [1.82, 2.24) is 14.9 Å². The first kappa shape index (κ1) is 37.0. The molecule has 236 valence electrons. The summed E-state index contributed by atoms with van der Waals surface area (Å²) in [7, 11) is 0. The maximum Gasteiger partial charge on any atom is 0.318 e. The van der Waals surface area contributed by atoms with Crippen LogP contribution in [0, 0.1) is 11.8 Å². The number of thioether (sulfide) groups is 1. The van der Waals surface area contributed by atoms with Crippen molar-refractivity contribution < 1.29 is 23.9 Å². The monoisotopic (exact) mass is 595 g/mol. The lowest BCUT2D eigenvalue weighted by Gasteiger charge is -2.19. The van der Waals surface area contributed by atoms with Crippen LogP contribution in [0.2, 0.25) is 0 Å². The number of hydrogen-bond acceptors (Lipinski definition) is 7. The maximum absolute atomic E-state index is 13.0. The van der Waals surface area contributed by atoms with Gasteiger partial charge in [-0.05, 0) is 50.7 Å². The van der Waals surface area contributed by atoms with Gasteiger partial charge in [-0.3, -0.25) is 14.4 Å². The molecule has 0 aliphatic rings. The second kappa shape index (κ2) is 24.6. The van der Waals surface area contributed by atoms with E-state index < -0.39 is 11.9 Å². The fraction of sp³-hybridized carbons (Fsp3) is 0.812. The standard InChI is InChI=1S/C32H57N3O5S/c1-5-6-7-8-9-12-16-28(4)40-32(38)29(31(37)34-19-14-21-35-22-20-33-26-35)17-24-41-25-18-30(36)39-23-13-10-11-15-27(2)3/h20,22,26-29H,5-19,21,23-25H2,1-4H3,(H,34,37). The normalized spacial score (nSPS) is 12.7. The van der Waals surface area contributed by atoms with E-state index in [0.29, 0.717) is 43.4 Å². The maximum atomic E-state index is 13.0. The number of carbonyl (C=O) groups excluding carboxylic acids is 3. The van der Waals surface area contributed by atoms with Crippen molar-refractivity contribution in [2.24, 2.45) is 11.8 Å². The number of esters is 2. The van der Waals surface area contributed by atoms with E-state index in [1.54, 1.807) is 24.3 Å². The molecule has 0 spiro atoms. The molecule has 8 nitrogen and oxygen atoms in total. The molecular weight excluding hydrogens is 538 g/mol. The molecule has 0 radical (unpaired) electrons. The van der Waals surface area contributed by atoms with Crippen molar-refractivity contribution >= 4 is 29.6 Å². The fourth-order valence-electron chi connectivity index (χ4n) is 4.47. The third-order valence-corrected chi connectivity index (χ3v) is 8.04. The number of aryl methyl sites for hydroxylation is 1. The molecule has 1 amide bonds. The summed E-state index contributed by atoms with van der Waals surface area (Å²) in [6.07, 6.45) is 18.9. The molecule has 1 aromatic rings. The summed E-state index contributed by atoms with van der Waals surface area (Å²) in [5.41, 5.74) is 0. The molecular formula is C32H57N3O5S. The topological polar surface area (TPSA) is 99.5 Å². The molecule has 0 aliphatic carbocycles. The minimum Gasteiger partial charge on any atom is -0.466 e. The zero-order chi connectivity index (χ0) is 30.1. The number of nitrogens with one attached hydrogen (secondary N) is 1. The SMILES string of the molecule is CCCCCCCCC(C)OC(=O)C(CCSCCC(=O)OCCCCCC(C)C)C(=O)NCCCn1ccnc1. The number of nitrogens with zero attached hydrogens (tertiary/aromatic N) is 2. The van der Waals surface area contributed by atoms with Gasteiger partial charge in [0.2, 0.25) is 5.91 Å². The Labute approximate surface area is 253 Å². The minimum absolute atomic E-state index is 0.184. The van der Waals surface area contributed by atoms with Gasteiger partial charge >= 0.3 is 11.9 Å². The summed E-state index contributed by atoms with van der Waals surface area (Å²) in [6, 6.07) is 0. The van der Waals surface area contributed by atoms with Gasteiger partial charge in [-0.2, -0.15) is 11.8 Å². The third kappa shape index (κ3) is 20.5. The smallest absolute Gasteiger partial charge is 0.318 e. The molecule has 1 aromatic heterocycles. The highest BCUT2D eigenvalue weighted by atomic mass is 32.2. The first-order valence-electron chi connectivity index (χ1n) is 16.0. The van der Waals surface area contributed by atoms with Gasteiger partial charge in [-0.25, -0.2) is 4.98 Å². The molecule has 0 saturated heterocycles. The largest absolute Gasteiger partial charge is 0.466 e. The van der Waals surface area contributed by atoms with Crippen LogP contribution in [-0.2, 0) is 30.4 Å². The highest BCUT2D eigenvalue weighted by Gasteiger charge is 2.29. The predicted molar refractivity (Wildman–Crippen MR) is 168 cm³/mol. The van der Waals surface area contributed by atoms with Crippen LogP contribution in [0.5, 0.6) is 0 Å². The summed E-state index contributed by atoms with van der Waals surface area (Å²) in [5.74, 6) is 0.143. The van der Waals surface area contributed by atoms with Crippen molar-refractivity contribution in [3.63, 3.8) is 0 Å². The van der Waals surface area contributed by atoms with Gasteiger partial charge in [0.25, 0.3) is 0 Å². The number of hydrogen-bond donors (Lipinski definition) is 1. The van der Waals surface area contributed by atoms with E-state index in [2.05, 4.69) is 31.1 Å². The van der Waals surface area contributed by atoms with E-state index in [9.17, 15) is 14.4 Å². The van der Waals surface area contributed by atoms with E-state index in [0.717, 1.165) is 45.1 Å². The Hall–Kier alpha value is -2.03. The number of rotatable bonds is 26. The van der Waals surface area contributed by atoms with Gasteiger partial charge in [0, 0.05) is 31.2 Å². The molecule has 0 aromatic carbocycles. The first-order chi connectivity index (χ1) is 19.8. The van der Waals surface area contributed by atoms with Gasteiger partial charge in [0.1, 0.15) is 5.92 Å². The lowest BCUT2D eigenvalue weighted by atomic mass is 10.1. The highest BCUT2D eigenvalue weighted by Crippen LogP contribution is 2.17. The number of ether oxygens (including phenoxy) is 2. The quantitative estimate of drug-likeness (QED) is 0.0702. The molecule has 9 heteroatoms. The van der Waals surface area contributed by atoms with E-state index in [1.807, 2.05) is 17.7 Å². The van der Waals surface area contributed by atoms with Crippen LogP contribution in [0.4, 0.5) is 0 Å². The second-order valence-electron chi connectivity index (χ2n) is 11.4. The van der Waals surface area contributed by atoms with Crippen LogP contribution in [-0.4, -0.2) is 58.2 Å². The molecule has 0 fully saturated rings. The Kier molecular flexibility index (Phi) is 22.2. The van der Waals surface area contributed by atoms with Crippen molar-refractivity contribution in [2.75, 3.05) is 24.7 Å². The van der Waals surface area contributed by atoms with Crippen molar-refractivity contribution in [3.05, 3.63) is 18.7 Å². The Morgan fingerprint density at radius 3 is 2.37 bits per heavy atom. The van der Waals surface area contributed by atoms with Gasteiger partial charge in [0.05, 0.1) is 25.5 Å². The van der Waals surface area contributed by atoms with E-state index in [1.165, 1.54) is 38.5 Å². The Morgan fingerprint density at radius 2 is 1.63 bits per heavy atom. The second-order valence-corrected chi connectivity index (χ2v) is 12.6. The highest BCUT2D eigenvalue weighted by molar-refractivity contribution is 7.99. The Morgan fingerprint density at radius 1 is 0.902 bits per heavy atom. The van der Waals surface area contributed by atoms with Crippen molar-refractivity contribution in [3.8, 4) is 0 Å². The van der Waals surface area contributed by atoms with Crippen molar-refractivity contribution in [2.45, 2.75) is 130 Å². The van der Waals surface area contributed by atoms with Crippen LogP contribution < -0.4 is 5.32 Å². The lowest BCUT2D eigenvalue weighted by molar-refractivity contribution is -0.157.